The summed E-state index contributed by atoms with van der Waals surface area (Å²) in [7, 11) is -2.01. The lowest BCUT2D eigenvalue weighted by Gasteiger charge is -2.16. The number of aryl methyl sites for hydroxylation is 1. The van der Waals surface area contributed by atoms with Crippen LogP contribution in [-0.4, -0.2) is 25.6 Å². The molecule has 0 saturated carbocycles. The number of alkyl halides is 2. The number of carbonyl (C=O) groups is 1. The minimum atomic E-state index is -3.88. The van der Waals surface area contributed by atoms with Gasteiger partial charge in [-0.3, -0.25) is 9.48 Å². The van der Waals surface area contributed by atoms with Crippen molar-refractivity contribution in [3.05, 3.63) is 45.3 Å². The normalized spacial score (nSPS) is 13.6. The van der Waals surface area contributed by atoms with Crippen molar-refractivity contribution in [2.24, 2.45) is 7.05 Å². The first-order chi connectivity index (χ1) is 13.2. The third-order valence-electron chi connectivity index (χ3n) is 4.17. The molecule has 0 fully saturated rings. The smallest absolute Gasteiger partial charge is 0.342 e. The summed E-state index contributed by atoms with van der Waals surface area (Å²) in [4.78, 5) is 25.2. The van der Waals surface area contributed by atoms with Gasteiger partial charge in [-0.1, -0.05) is 6.92 Å². The van der Waals surface area contributed by atoms with Gasteiger partial charge in [-0.25, -0.2) is 4.98 Å². The SMILES string of the molecule is CCC(NC(=O)c1ccc2sc(C(F)(F)[P+](=O)O)c(Br)c2c1)c1ncnn1C. The third-order valence-corrected chi connectivity index (χ3v) is 7.36. The standard InChI is InChI=1S/C16H14BrF2N4O3PS/c1-3-10(14-20-7-21-23(14)2)22-15(24)8-4-5-11-9(6-8)12(17)13(28-11)16(18,19)27(25)26/h4-7,10H,3H2,1-2H3,(H-,22,24,25,26)/p+1. The summed E-state index contributed by atoms with van der Waals surface area (Å²) in [6.45, 7) is 1.89. The second-order valence-electron chi connectivity index (χ2n) is 5.95. The summed E-state index contributed by atoms with van der Waals surface area (Å²) < 4.78 is 41.1. The second kappa shape index (κ2) is 7.90. The molecule has 2 heterocycles. The highest BCUT2D eigenvalue weighted by atomic mass is 79.9. The van der Waals surface area contributed by atoms with Crippen molar-refractivity contribution >= 4 is 51.3 Å². The highest BCUT2D eigenvalue weighted by molar-refractivity contribution is 9.10. The molecule has 0 spiro atoms. The van der Waals surface area contributed by atoms with Crippen LogP contribution in [0.1, 0.15) is 40.4 Å². The molecule has 0 aliphatic carbocycles. The van der Waals surface area contributed by atoms with E-state index in [0.29, 0.717) is 33.7 Å². The van der Waals surface area contributed by atoms with E-state index in [2.05, 4.69) is 31.3 Å². The molecule has 28 heavy (non-hydrogen) atoms. The maximum Gasteiger partial charge on any atom is 0.590 e. The van der Waals surface area contributed by atoms with E-state index in [1.165, 1.54) is 24.5 Å². The van der Waals surface area contributed by atoms with E-state index in [9.17, 15) is 18.1 Å². The molecule has 0 saturated heterocycles. The van der Waals surface area contributed by atoms with Crippen molar-refractivity contribution in [1.82, 2.24) is 20.1 Å². The summed E-state index contributed by atoms with van der Waals surface area (Å²) in [5.41, 5.74) is -3.60. The maximum atomic E-state index is 14.0. The molecule has 7 nitrogen and oxygen atoms in total. The molecule has 1 amide bonds. The Labute approximate surface area is 171 Å². The molecule has 1 aromatic carbocycles. The zero-order chi connectivity index (χ0) is 20.6. The van der Waals surface area contributed by atoms with Gasteiger partial charge in [0.1, 0.15) is 17.0 Å². The summed E-state index contributed by atoms with van der Waals surface area (Å²) in [5, 5.41) is 7.22. The highest BCUT2D eigenvalue weighted by Gasteiger charge is 2.56. The number of aromatic nitrogens is 3. The molecule has 2 N–H and O–H groups in total. The van der Waals surface area contributed by atoms with Crippen LogP contribution in [0.25, 0.3) is 10.1 Å². The van der Waals surface area contributed by atoms with Gasteiger partial charge in [-0.15, -0.1) is 20.1 Å². The molecular formula is C16H15BrF2N4O3PS+. The summed E-state index contributed by atoms with van der Waals surface area (Å²) in [6, 6.07) is 4.16. The van der Waals surface area contributed by atoms with Crippen LogP contribution in [0.15, 0.2) is 29.0 Å². The Morgan fingerprint density at radius 2 is 2.21 bits per heavy atom. The van der Waals surface area contributed by atoms with Gasteiger partial charge in [-0.2, -0.15) is 9.99 Å². The van der Waals surface area contributed by atoms with Crippen LogP contribution < -0.4 is 5.32 Å². The molecule has 0 bridgehead atoms. The lowest BCUT2D eigenvalue weighted by molar-refractivity contribution is 0.0849. The second-order valence-corrected chi connectivity index (χ2v) is 8.90. The van der Waals surface area contributed by atoms with Gasteiger partial charge < -0.3 is 5.32 Å². The summed E-state index contributed by atoms with van der Waals surface area (Å²) in [5.74, 6) is 0.207. The van der Waals surface area contributed by atoms with Crippen molar-refractivity contribution in [3.8, 4) is 0 Å². The number of nitrogens with one attached hydrogen (secondary N) is 1. The van der Waals surface area contributed by atoms with Gasteiger partial charge in [-0.05, 0) is 45.1 Å². The Morgan fingerprint density at radius 3 is 2.79 bits per heavy atom. The molecule has 3 rings (SSSR count). The molecular weight excluding hydrogens is 477 g/mol. The van der Waals surface area contributed by atoms with Crippen LogP contribution in [0, 0.1) is 0 Å². The minimum absolute atomic E-state index is 0.00453. The van der Waals surface area contributed by atoms with E-state index < -0.39 is 24.5 Å². The van der Waals surface area contributed by atoms with E-state index in [1.807, 2.05) is 6.92 Å². The van der Waals surface area contributed by atoms with Gasteiger partial charge in [0, 0.05) is 22.7 Å². The Kier molecular flexibility index (Phi) is 5.90. The Hall–Kier alpha value is -1.81. The molecule has 0 aliphatic rings. The van der Waals surface area contributed by atoms with Crippen molar-refractivity contribution < 1.29 is 23.0 Å². The molecule has 3 aromatic rings. The first kappa shape index (κ1) is 20.9. The van der Waals surface area contributed by atoms with Crippen LogP contribution in [0.2, 0.25) is 0 Å². The fraction of sp³-hybridized carbons (Fsp3) is 0.312. The van der Waals surface area contributed by atoms with Crippen molar-refractivity contribution in [2.75, 3.05) is 0 Å². The quantitative estimate of drug-likeness (QED) is 0.496. The van der Waals surface area contributed by atoms with E-state index in [-0.39, 0.29) is 16.1 Å². The van der Waals surface area contributed by atoms with Gasteiger partial charge >= 0.3 is 13.7 Å². The number of fused-ring (bicyclic) bond motifs is 1. The summed E-state index contributed by atoms with van der Waals surface area (Å²) in [6.07, 6.45) is 1.98. The van der Waals surface area contributed by atoms with Crippen LogP contribution in [0.4, 0.5) is 8.78 Å². The minimum Gasteiger partial charge on any atom is -0.342 e. The largest absolute Gasteiger partial charge is 0.590 e. The molecule has 2 aromatic heterocycles. The number of rotatable bonds is 6. The topological polar surface area (TPSA) is 97.1 Å². The zero-order valence-corrected chi connectivity index (χ0v) is 18.0. The molecule has 148 valence electrons. The van der Waals surface area contributed by atoms with E-state index in [4.69, 9.17) is 4.89 Å². The first-order valence-electron chi connectivity index (χ1n) is 8.08. The van der Waals surface area contributed by atoms with Gasteiger partial charge in [0.2, 0.25) is 0 Å². The number of benzene rings is 1. The van der Waals surface area contributed by atoms with Gasteiger partial charge in [0.15, 0.2) is 0 Å². The van der Waals surface area contributed by atoms with Crippen molar-refractivity contribution in [1.29, 1.82) is 0 Å². The predicted octanol–water partition coefficient (Wildman–Crippen LogP) is 4.46. The van der Waals surface area contributed by atoms with Crippen molar-refractivity contribution in [3.63, 3.8) is 0 Å². The van der Waals surface area contributed by atoms with Crippen LogP contribution in [-0.2, 0) is 17.3 Å². The zero-order valence-electron chi connectivity index (χ0n) is 14.7. The number of hydrogen-bond donors (Lipinski definition) is 2. The molecule has 12 heteroatoms. The van der Waals surface area contributed by atoms with E-state index >= 15 is 0 Å². The highest BCUT2D eigenvalue weighted by Crippen LogP contribution is 2.54. The number of amides is 1. The molecule has 0 radical (unpaired) electrons. The fourth-order valence-corrected chi connectivity index (χ4v) is 5.41. The monoisotopic (exact) mass is 491 g/mol. The molecule has 2 unspecified atom stereocenters. The van der Waals surface area contributed by atoms with Crippen LogP contribution >= 0.6 is 35.3 Å². The Balaban J connectivity index is 1.94. The number of halogens is 3. The fourth-order valence-electron chi connectivity index (χ4n) is 2.70. The Morgan fingerprint density at radius 1 is 1.50 bits per heavy atom. The number of nitrogens with zero attached hydrogens (tertiary/aromatic N) is 3. The average molecular weight is 492 g/mol. The number of thiophene rings is 1. The number of hydrogen-bond acceptors (Lipinski definition) is 5. The first-order valence-corrected chi connectivity index (χ1v) is 10.9. The summed E-state index contributed by atoms with van der Waals surface area (Å²) >= 11 is 3.79. The lowest BCUT2D eigenvalue weighted by atomic mass is 10.1. The lowest BCUT2D eigenvalue weighted by Crippen LogP contribution is -2.30. The van der Waals surface area contributed by atoms with Gasteiger partial charge in [0.25, 0.3) is 5.91 Å². The molecule has 0 aliphatic heterocycles. The Bertz CT molecular complexity index is 1070. The predicted molar refractivity (Wildman–Crippen MR) is 105 cm³/mol. The van der Waals surface area contributed by atoms with Crippen LogP contribution in [0.3, 0.4) is 0 Å². The average Bonchev–Trinajstić information content (AvgIpc) is 3.23. The molecule has 2 atom stereocenters. The van der Waals surface area contributed by atoms with E-state index in [0.717, 1.165) is 0 Å². The van der Waals surface area contributed by atoms with Crippen molar-refractivity contribution in [2.45, 2.75) is 25.1 Å². The van der Waals surface area contributed by atoms with E-state index in [1.54, 1.807) is 11.7 Å². The number of carbonyl (C=O) groups excluding carboxylic acids is 1. The third kappa shape index (κ3) is 3.71. The maximum absolute atomic E-state index is 14.0. The van der Waals surface area contributed by atoms with Crippen LogP contribution in [0.5, 0.6) is 0 Å². The van der Waals surface area contributed by atoms with Gasteiger partial charge in [0.05, 0.1) is 10.5 Å².